The third-order valence-electron chi connectivity index (χ3n) is 10.4. The van der Waals surface area contributed by atoms with E-state index in [2.05, 4.69) is 26.3 Å². The third-order valence-corrected chi connectivity index (χ3v) is 10.4. The number of Topliss-reactive ketones (excluding diaryl/α,β-unsaturated/α-hetero) is 4. The van der Waals surface area contributed by atoms with Crippen molar-refractivity contribution in [2.24, 2.45) is 0 Å². The zero-order valence-electron chi connectivity index (χ0n) is 57.5. The van der Waals surface area contributed by atoms with E-state index in [0.717, 1.165) is 0 Å². The zero-order valence-corrected chi connectivity index (χ0v) is 59.1. The molecule has 24 nitrogen and oxygen atoms in total. The molecule has 0 radical (unpaired) electrons. The molecular formula is C64H108O24Ti. The SMILES string of the molecule is C=CCC(OC(C)C)(C(=O)[O-])C(=O)C(OC(C)C)OC(C)C.C=CCC(OC(C)C)(C(=O)[O-])C(=O)C(OC(C)C)OC(C)C.C=CCC(OC(C)C)(C(=O)[O-])C(=O)C(OC(C)C)OC(C)C.C=CCC(OC(C)C)(C(=O)[O-])C(=O)C(OC(C)C)OC(C)C.[Ti+4]. The molecule has 0 N–H and O–H groups in total. The summed E-state index contributed by atoms with van der Waals surface area (Å²) < 4.78 is 65.1. The number of carboxylic acid groups (broad SMARTS) is 4. The Labute approximate surface area is 545 Å². The van der Waals surface area contributed by atoms with Crippen LogP contribution in [0.15, 0.2) is 50.6 Å². The van der Waals surface area contributed by atoms with E-state index in [-0.39, 0.29) is 96.2 Å². The summed E-state index contributed by atoms with van der Waals surface area (Å²) in [6, 6.07) is 0. The number of hydrogen-bond acceptors (Lipinski definition) is 24. The smallest absolute Gasteiger partial charge is 0.546 e. The Morgan fingerprint density at radius 2 is 0.382 bits per heavy atom. The Morgan fingerprint density at radius 3 is 0.449 bits per heavy atom. The van der Waals surface area contributed by atoms with Gasteiger partial charge in [0.15, 0.2) is 22.4 Å². The number of carboxylic acids is 4. The molecule has 25 heteroatoms. The molecule has 0 aromatic rings. The van der Waals surface area contributed by atoms with Gasteiger partial charge in [-0.1, -0.05) is 24.3 Å². The summed E-state index contributed by atoms with van der Waals surface area (Å²) in [5.41, 5.74) is -8.70. The van der Waals surface area contributed by atoms with Gasteiger partial charge in [0.25, 0.3) is 0 Å². The molecule has 0 fully saturated rings. The van der Waals surface area contributed by atoms with Crippen LogP contribution in [0.4, 0.5) is 0 Å². The topological polar surface area (TPSA) is 340 Å². The maximum absolute atomic E-state index is 12.8. The molecule has 0 saturated carbocycles. The first kappa shape index (κ1) is 93.5. The summed E-state index contributed by atoms with van der Waals surface area (Å²) in [6.45, 7) is 54.6. The van der Waals surface area contributed by atoms with Crippen molar-refractivity contribution in [1.29, 1.82) is 0 Å². The van der Waals surface area contributed by atoms with Crippen LogP contribution in [0, 0.1) is 0 Å². The minimum atomic E-state index is -2.18. The molecule has 0 amide bonds. The maximum Gasteiger partial charge on any atom is 4.00 e. The van der Waals surface area contributed by atoms with Crippen LogP contribution in [0.3, 0.4) is 0 Å². The average molecular weight is 1310 g/mol. The van der Waals surface area contributed by atoms with Crippen LogP contribution >= 0.6 is 0 Å². The zero-order chi connectivity index (χ0) is 70.0. The Hall–Kier alpha value is -4.25. The van der Waals surface area contributed by atoms with Crippen molar-refractivity contribution >= 4 is 47.0 Å². The Balaban J connectivity index is -0.000000351. The van der Waals surface area contributed by atoms with Crippen LogP contribution < -0.4 is 20.4 Å². The molecule has 0 saturated heterocycles. The molecule has 4 unspecified atom stereocenters. The van der Waals surface area contributed by atoms with Gasteiger partial charge in [-0.15, -0.1) is 26.3 Å². The van der Waals surface area contributed by atoms with Gasteiger partial charge in [-0.25, -0.2) is 0 Å². The van der Waals surface area contributed by atoms with Crippen LogP contribution in [0.25, 0.3) is 0 Å². The second-order valence-corrected chi connectivity index (χ2v) is 23.4. The van der Waals surface area contributed by atoms with Crippen LogP contribution in [-0.4, -0.2) is 168 Å². The van der Waals surface area contributed by atoms with Gasteiger partial charge in [0.05, 0.1) is 97.1 Å². The molecule has 0 rings (SSSR count). The number of carbonyl (C=O) groups excluding carboxylic acids is 8. The van der Waals surface area contributed by atoms with Crippen LogP contribution in [0.1, 0.15) is 192 Å². The minimum Gasteiger partial charge on any atom is -0.546 e. The van der Waals surface area contributed by atoms with Gasteiger partial charge in [-0.05, 0) is 166 Å². The second-order valence-electron chi connectivity index (χ2n) is 23.4. The maximum atomic E-state index is 12.8. The summed E-state index contributed by atoms with van der Waals surface area (Å²) in [7, 11) is 0. The standard InChI is InChI=1S/4C16H28O6.Ti/c4*1-8-9-16(15(18)19,22-12(6)7)13(17)14(20-10(2)3)21-11(4)5;/h4*8,10-12,14H,1,9H2,2-7H3,(H,18,19);/q;;;;+4/p-4. The van der Waals surface area contributed by atoms with Gasteiger partial charge < -0.3 is 96.4 Å². The molecule has 0 aliphatic carbocycles. The van der Waals surface area contributed by atoms with Gasteiger partial charge in [0.1, 0.15) is 0 Å². The number of rotatable bonds is 44. The summed E-state index contributed by atoms with van der Waals surface area (Å²) in [5, 5.41) is 46.6. The fraction of sp³-hybridized carbons (Fsp3) is 0.750. The summed E-state index contributed by atoms with van der Waals surface area (Å²) >= 11 is 0. The fourth-order valence-electron chi connectivity index (χ4n) is 7.54. The molecule has 4 atom stereocenters. The van der Waals surface area contributed by atoms with E-state index < -0.39 is 119 Å². The number of carbonyl (C=O) groups is 8. The molecule has 0 aliphatic heterocycles. The van der Waals surface area contributed by atoms with Crippen molar-refractivity contribution in [2.75, 3.05) is 0 Å². The summed E-state index contributed by atoms with van der Waals surface area (Å²) in [6.07, 6.45) is -5.70. The molecule has 0 bridgehead atoms. The number of ether oxygens (including phenoxy) is 12. The predicted molar refractivity (Wildman–Crippen MR) is 320 cm³/mol. The van der Waals surface area contributed by atoms with Gasteiger partial charge in [0, 0.05) is 25.7 Å². The van der Waals surface area contributed by atoms with E-state index in [4.69, 9.17) is 56.8 Å². The van der Waals surface area contributed by atoms with Crippen molar-refractivity contribution in [1.82, 2.24) is 0 Å². The van der Waals surface area contributed by atoms with Crippen LogP contribution in [0.2, 0.25) is 0 Å². The van der Waals surface area contributed by atoms with Crippen molar-refractivity contribution in [2.45, 2.75) is 313 Å². The Kier molecular flexibility index (Phi) is 48.2. The molecule has 0 aromatic heterocycles. The number of aliphatic carboxylic acids is 4. The first-order valence-electron chi connectivity index (χ1n) is 29.7. The molecule has 0 aliphatic rings. The fourth-order valence-corrected chi connectivity index (χ4v) is 7.54. The Bertz CT molecular complexity index is 1820. The van der Waals surface area contributed by atoms with E-state index in [1.807, 2.05) is 0 Å². The van der Waals surface area contributed by atoms with Gasteiger partial charge >= 0.3 is 21.7 Å². The van der Waals surface area contributed by atoms with Crippen molar-refractivity contribution in [3.05, 3.63) is 50.6 Å². The molecule has 512 valence electrons. The monoisotopic (exact) mass is 1310 g/mol. The predicted octanol–water partition coefficient (Wildman–Crippen LogP) is 4.88. The van der Waals surface area contributed by atoms with Crippen molar-refractivity contribution < 1.29 is 137 Å². The molecule has 0 spiro atoms. The van der Waals surface area contributed by atoms with Crippen LogP contribution in [0.5, 0.6) is 0 Å². The van der Waals surface area contributed by atoms with E-state index in [1.54, 1.807) is 166 Å². The average Bonchev–Trinajstić information content (AvgIpc) is 3.57. The number of ketones is 4. The largest absolute Gasteiger partial charge is 4.00 e. The summed E-state index contributed by atoms with van der Waals surface area (Å²) in [4.78, 5) is 97.6. The van der Waals surface area contributed by atoms with E-state index in [1.165, 1.54) is 24.3 Å². The molecule has 0 aromatic carbocycles. The van der Waals surface area contributed by atoms with E-state index in [9.17, 15) is 58.8 Å². The molecule has 0 heterocycles. The second kappa shape index (κ2) is 45.9. The minimum absolute atomic E-state index is 0. The number of hydrogen-bond donors (Lipinski definition) is 0. The quantitative estimate of drug-likeness (QED) is 0.0339. The molecule has 89 heavy (non-hydrogen) atoms. The van der Waals surface area contributed by atoms with Gasteiger partial charge in [0.2, 0.25) is 48.3 Å². The Morgan fingerprint density at radius 1 is 0.270 bits per heavy atom. The summed E-state index contributed by atoms with van der Waals surface area (Å²) in [5.74, 6) is -9.84. The van der Waals surface area contributed by atoms with E-state index >= 15 is 0 Å². The van der Waals surface area contributed by atoms with Gasteiger partial charge in [-0.2, -0.15) is 0 Å². The van der Waals surface area contributed by atoms with Crippen molar-refractivity contribution in [3.63, 3.8) is 0 Å². The normalized spacial score (nSPS) is 14.5. The van der Waals surface area contributed by atoms with E-state index in [0.29, 0.717) is 0 Å². The third kappa shape index (κ3) is 34.3. The first-order chi connectivity index (χ1) is 40.2. The van der Waals surface area contributed by atoms with Gasteiger partial charge in [-0.3, -0.25) is 19.2 Å². The van der Waals surface area contributed by atoms with Crippen LogP contribution in [-0.2, 0) is 117 Å². The first-order valence-corrected chi connectivity index (χ1v) is 29.7. The molecular weight excluding hydrogens is 1200 g/mol. The van der Waals surface area contributed by atoms with Crippen molar-refractivity contribution in [3.8, 4) is 0 Å².